The molecule has 4 rings (SSSR count). The SMILES string of the molecule is C[C@H](C(=O)Nc1noc(Cc2cc(F)cc(F)c2)n1)N1CCC(F)(F)[C@@H](c2cc[n+](O)cc2)C1. The van der Waals surface area contributed by atoms with Crippen LogP contribution in [-0.2, 0) is 11.2 Å². The maximum absolute atomic E-state index is 14.6. The van der Waals surface area contributed by atoms with E-state index in [9.17, 15) is 27.6 Å². The molecule has 1 aliphatic heterocycles. The molecule has 0 radical (unpaired) electrons. The van der Waals surface area contributed by atoms with E-state index < -0.39 is 41.8 Å². The minimum absolute atomic E-state index is 0.00749. The third-order valence-corrected chi connectivity index (χ3v) is 5.81. The zero-order valence-electron chi connectivity index (χ0n) is 18.1. The fraction of sp³-hybridized carbons (Fsp3) is 0.364. The van der Waals surface area contributed by atoms with Crippen molar-refractivity contribution in [1.82, 2.24) is 15.0 Å². The molecule has 3 heterocycles. The second kappa shape index (κ2) is 9.37. The number of nitrogens with one attached hydrogen (secondary N) is 1. The van der Waals surface area contributed by atoms with E-state index in [2.05, 4.69) is 15.5 Å². The fourth-order valence-corrected chi connectivity index (χ4v) is 3.94. The zero-order chi connectivity index (χ0) is 24.5. The second-order valence-corrected chi connectivity index (χ2v) is 8.20. The van der Waals surface area contributed by atoms with E-state index in [1.807, 2.05) is 0 Å². The largest absolute Gasteiger partial charge is 0.337 e. The Labute approximate surface area is 191 Å². The van der Waals surface area contributed by atoms with E-state index >= 15 is 0 Å². The second-order valence-electron chi connectivity index (χ2n) is 8.20. The number of benzene rings is 1. The summed E-state index contributed by atoms with van der Waals surface area (Å²) in [5.74, 6) is -6.22. The van der Waals surface area contributed by atoms with Gasteiger partial charge in [-0.3, -0.25) is 20.2 Å². The average molecular weight is 480 g/mol. The van der Waals surface area contributed by atoms with Crippen molar-refractivity contribution in [1.29, 1.82) is 0 Å². The van der Waals surface area contributed by atoms with Crippen LogP contribution in [0.2, 0.25) is 0 Å². The summed E-state index contributed by atoms with van der Waals surface area (Å²) in [5, 5.41) is 15.5. The number of rotatable bonds is 6. The molecule has 2 atom stereocenters. The quantitative estimate of drug-likeness (QED) is 0.320. The van der Waals surface area contributed by atoms with Gasteiger partial charge in [-0.2, -0.15) is 4.98 Å². The molecule has 8 nitrogen and oxygen atoms in total. The van der Waals surface area contributed by atoms with Gasteiger partial charge in [0.1, 0.15) is 11.6 Å². The molecule has 0 spiro atoms. The number of hydrogen-bond acceptors (Lipinski definition) is 6. The zero-order valence-corrected chi connectivity index (χ0v) is 18.1. The Bertz CT molecular complexity index is 1150. The first kappa shape index (κ1) is 23.6. The van der Waals surface area contributed by atoms with Gasteiger partial charge in [0.05, 0.1) is 18.4 Å². The van der Waals surface area contributed by atoms with E-state index in [4.69, 9.17) is 4.52 Å². The lowest BCUT2D eigenvalue weighted by Gasteiger charge is -2.40. The van der Waals surface area contributed by atoms with Gasteiger partial charge in [0, 0.05) is 42.4 Å². The van der Waals surface area contributed by atoms with Crippen LogP contribution < -0.4 is 10.0 Å². The maximum atomic E-state index is 14.6. The monoisotopic (exact) mass is 480 g/mol. The Balaban J connectivity index is 1.40. The van der Waals surface area contributed by atoms with Crippen LogP contribution in [0.4, 0.5) is 23.5 Å². The summed E-state index contributed by atoms with van der Waals surface area (Å²) in [4.78, 5) is 18.4. The predicted octanol–water partition coefficient (Wildman–Crippen LogP) is 2.92. The van der Waals surface area contributed by atoms with Gasteiger partial charge in [-0.05, 0) is 35.3 Å². The van der Waals surface area contributed by atoms with E-state index in [1.165, 1.54) is 24.5 Å². The molecule has 2 N–H and O–H groups in total. The number of carbonyl (C=O) groups excluding carboxylic acids is 1. The van der Waals surface area contributed by atoms with Gasteiger partial charge in [0.15, 0.2) is 0 Å². The van der Waals surface area contributed by atoms with E-state index in [0.717, 1.165) is 22.9 Å². The molecular weight excluding hydrogens is 458 g/mol. The van der Waals surface area contributed by atoms with Gasteiger partial charge in [0.2, 0.25) is 24.2 Å². The number of amides is 1. The number of anilines is 1. The third kappa shape index (κ3) is 5.33. The number of likely N-dealkylation sites (tertiary alicyclic amines) is 1. The van der Waals surface area contributed by atoms with Gasteiger partial charge >= 0.3 is 0 Å². The average Bonchev–Trinajstić information content (AvgIpc) is 3.19. The highest BCUT2D eigenvalue weighted by atomic mass is 19.3. The molecule has 1 saturated heterocycles. The first-order chi connectivity index (χ1) is 16.1. The Morgan fingerprint density at radius 2 is 1.97 bits per heavy atom. The van der Waals surface area contributed by atoms with Crippen LogP contribution in [0.3, 0.4) is 0 Å². The van der Waals surface area contributed by atoms with Crippen molar-refractivity contribution < 1.29 is 36.8 Å². The highest BCUT2D eigenvalue weighted by molar-refractivity contribution is 5.93. The molecule has 1 aliphatic rings. The number of alkyl halides is 2. The van der Waals surface area contributed by atoms with Crippen LogP contribution in [0.1, 0.15) is 36.3 Å². The maximum Gasteiger partial charge on any atom is 0.270 e. The smallest absolute Gasteiger partial charge is 0.270 e. The van der Waals surface area contributed by atoms with Crippen LogP contribution in [-0.4, -0.2) is 51.2 Å². The number of hydrogen-bond donors (Lipinski definition) is 2. The molecule has 1 fully saturated rings. The van der Waals surface area contributed by atoms with Crippen molar-refractivity contribution in [3.8, 4) is 0 Å². The molecule has 1 amide bonds. The van der Waals surface area contributed by atoms with Gasteiger partial charge in [0.25, 0.3) is 11.9 Å². The van der Waals surface area contributed by atoms with Crippen LogP contribution in [0.25, 0.3) is 0 Å². The lowest BCUT2D eigenvalue weighted by Crippen LogP contribution is -2.52. The summed E-state index contributed by atoms with van der Waals surface area (Å²) in [7, 11) is 0. The first-order valence-corrected chi connectivity index (χ1v) is 10.5. The Morgan fingerprint density at radius 3 is 2.65 bits per heavy atom. The molecule has 0 saturated carbocycles. The Morgan fingerprint density at radius 1 is 1.29 bits per heavy atom. The standard InChI is InChI=1S/C22H21F4N5O3/c1-13(30-7-4-22(25,26)18(12-30)15-2-5-31(33)6-3-15)20(32)28-21-27-19(34-29-21)10-14-8-16(23)11-17(24)9-14/h2-3,5-6,8-9,11,13,18H,4,7,10,12H2,1H3,(H-,28,29,32,33)/p+1/t13-,18-/m1/s1. The number of aromatic nitrogens is 3. The number of piperidine rings is 1. The van der Waals surface area contributed by atoms with Crippen molar-refractivity contribution in [2.75, 3.05) is 18.4 Å². The van der Waals surface area contributed by atoms with Crippen LogP contribution in [0.15, 0.2) is 47.2 Å². The molecule has 3 aromatic rings. The van der Waals surface area contributed by atoms with Crippen molar-refractivity contribution in [3.63, 3.8) is 0 Å². The summed E-state index contributed by atoms with van der Waals surface area (Å²) in [6, 6.07) is 5.05. The van der Waals surface area contributed by atoms with E-state index in [1.54, 1.807) is 11.8 Å². The normalized spacial score (nSPS) is 19.0. The van der Waals surface area contributed by atoms with Crippen molar-refractivity contribution in [2.24, 2.45) is 0 Å². The molecule has 12 heteroatoms. The van der Waals surface area contributed by atoms with Gasteiger partial charge in [-0.1, -0.05) is 0 Å². The third-order valence-electron chi connectivity index (χ3n) is 5.81. The number of nitrogens with zero attached hydrogens (tertiary/aromatic N) is 4. The highest BCUT2D eigenvalue weighted by Crippen LogP contribution is 2.40. The fourth-order valence-electron chi connectivity index (χ4n) is 3.94. The number of pyridine rings is 1. The highest BCUT2D eigenvalue weighted by Gasteiger charge is 2.46. The van der Waals surface area contributed by atoms with E-state index in [-0.39, 0.29) is 36.9 Å². The molecular formula is C22H22F4N5O3+. The molecule has 0 aliphatic carbocycles. The van der Waals surface area contributed by atoms with Crippen molar-refractivity contribution in [2.45, 2.75) is 37.6 Å². The van der Waals surface area contributed by atoms with Crippen molar-refractivity contribution >= 4 is 11.9 Å². The van der Waals surface area contributed by atoms with Crippen LogP contribution in [0.5, 0.6) is 0 Å². The first-order valence-electron chi connectivity index (χ1n) is 10.5. The van der Waals surface area contributed by atoms with Crippen LogP contribution >= 0.6 is 0 Å². The van der Waals surface area contributed by atoms with Gasteiger partial charge in [-0.15, -0.1) is 0 Å². The number of halogens is 4. The number of carbonyl (C=O) groups is 1. The molecule has 0 unspecified atom stereocenters. The van der Waals surface area contributed by atoms with Crippen molar-refractivity contribution in [3.05, 3.63) is 71.4 Å². The van der Waals surface area contributed by atoms with Crippen LogP contribution in [0, 0.1) is 11.6 Å². The Kier molecular flexibility index (Phi) is 6.51. The minimum Gasteiger partial charge on any atom is -0.337 e. The van der Waals surface area contributed by atoms with E-state index in [0.29, 0.717) is 5.56 Å². The topological polar surface area (TPSA) is 95.4 Å². The molecule has 2 aromatic heterocycles. The molecule has 34 heavy (non-hydrogen) atoms. The Hall–Kier alpha value is -3.54. The summed E-state index contributed by atoms with van der Waals surface area (Å²) in [5.41, 5.74) is 0.629. The molecule has 1 aromatic carbocycles. The minimum atomic E-state index is -2.96. The lowest BCUT2D eigenvalue weighted by atomic mass is 9.87. The summed E-state index contributed by atoms with van der Waals surface area (Å²) < 4.78 is 61.7. The summed E-state index contributed by atoms with van der Waals surface area (Å²) in [6.07, 6.45) is 2.07. The summed E-state index contributed by atoms with van der Waals surface area (Å²) in [6.45, 7) is 1.52. The molecule has 180 valence electrons. The molecule has 0 bridgehead atoms. The summed E-state index contributed by atoms with van der Waals surface area (Å²) >= 11 is 0. The predicted molar refractivity (Wildman–Crippen MR) is 109 cm³/mol. The lowest BCUT2D eigenvalue weighted by molar-refractivity contribution is -0.904. The van der Waals surface area contributed by atoms with Gasteiger partial charge in [-0.25, -0.2) is 17.6 Å². The van der Waals surface area contributed by atoms with Gasteiger partial charge < -0.3 is 4.52 Å².